The molecule has 25 heavy (non-hydrogen) atoms. The highest BCUT2D eigenvalue weighted by molar-refractivity contribution is 5.87. The number of carbonyl (C=O) groups excluding carboxylic acids is 2. The van der Waals surface area contributed by atoms with Gasteiger partial charge >= 0.3 is 6.03 Å². The Morgan fingerprint density at radius 3 is 2.64 bits per heavy atom. The maximum absolute atomic E-state index is 12.4. The number of rotatable bonds is 4. The van der Waals surface area contributed by atoms with Crippen molar-refractivity contribution in [3.63, 3.8) is 0 Å². The van der Waals surface area contributed by atoms with Gasteiger partial charge in [0.15, 0.2) is 0 Å². The van der Waals surface area contributed by atoms with Crippen molar-refractivity contribution < 1.29 is 9.59 Å². The summed E-state index contributed by atoms with van der Waals surface area (Å²) < 4.78 is 0. The summed E-state index contributed by atoms with van der Waals surface area (Å²) in [5.41, 5.74) is 1.39. The molecule has 1 aromatic rings. The van der Waals surface area contributed by atoms with Crippen molar-refractivity contribution >= 4 is 11.9 Å². The van der Waals surface area contributed by atoms with E-state index < -0.39 is 0 Å². The quantitative estimate of drug-likeness (QED) is 0.883. The first-order chi connectivity index (χ1) is 12.2. The second kappa shape index (κ2) is 8.88. The zero-order valence-corrected chi connectivity index (χ0v) is 14.9. The van der Waals surface area contributed by atoms with Gasteiger partial charge in [-0.3, -0.25) is 4.79 Å². The highest BCUT2D eigenvalue weighted by atomic mass is 16.2. The molecule has 2 saturated heterocycles. The van der Waals surface area contributed by atoms with Gasteiger partial charge in [-0.15, -0.1) is 0 Å². The van der Waals surface area contributed by atoms with E-state index in [9.17, 15) is 9.59 Å². The monoisotopic (exact) mass is 343 g/mol. The Morgan fingerprint density at radius 1 is 1.12 bits per heavy atom. The fourth-order valence-electron chi connectivity index (χ4n) is 3.76. The van der Waals surface area contributed by atoms with Gasteiger partial charge in [-0.2, -0.15) is 0 Å². The first kappa shape index (κ1) is 17.8. The molecule has 2 aliphatic rings. The lowest BCUT2D eigenvalue weighted by atomic mass is 9.90. The maximum Gasteiger partial charge on any atom is 0.318 e. The van der Waals surface area contributed by atoms with Crippen molar-refractivity contribution in [2.45, 2.75) is 51.0 Å². The number of nitrogens with zero attached hydrogens (tertiary/aromatic N) is 1. The molecule has 136 valence electrons. The van der Waals surface area contributed by atoms with Gasteiger partial charge in [-0.05, 0) is 56.4 Å². The third kappa shape index (κ3) is 5.21. The average molecular weight is 343 g/mol. The van der Waals surface area contributed by atoms with Crippen LogP contribution in [0, 0.1) is 5.92 Å². The zero-order valence-electron chi connectivity index (χ0n) is 14.9. The van der Waals surface area contributed by atoms with E-state index in [-0.39, 0.29) is 18.0 Å². The number of urea groups is 1. The van der Waals surface area contributed by atoms with Gasteiger partial charge in [0, 0.05) is 19.6 Å². The van der Waals surface area contributed by atoms with Crippen LogP contribution in [0.2, 0.25) is 0 Å². The van der Waals surface area contributed by atoms with E-state index in [1.54, 1.807) is 0 Å². The summed E-state index contributed by atoms with van der Waals surface area (Å²) in [7, 11) is 0. The lowest BCUT2D eigenvalue weighted by Gasteiger charge is -2.33. The molecule has 5 nitrogen and oxygen atoms in total. The summed E-state index contributed by atoms with van der Waals surface area (Å²) in [6.45, 7) is 2.30. The third-order valence-corrected chi connectivity index (χ3v) is 5.42. The number of piperidine rings is 1. The number of hydrogen-bond donors (Lipinski definition) is 2. The number of benzene rings is 1. The van der Waals surface area contributed by atoms with E-state index >= 15 is 0 Å². The van der Waals surface area contributed by atoms with Crippen LogP contribution in [-0.4, -0.2) is 42.5 Å². The van der Waals surface area contributed by atoms with Crippen molar-refractivity contribution in [2.75, 3.05) is 19.6 Å². The Balaban J connectivity index is 1.40. The first-order valence-electron chi connectivity index (χ1n) is 9.59. The van der Waals surface area contributed by atoms with E-state index in [4.69, 9.17) is 0 Å². The Morgan fingerprint density at radius 2 is 1.88 bits per heavy atom. The molecule has 2 aliphatic heterocycles. The Kier molecular flexibility index (Phi) is 6.31. The predicted octanol–water partition coefficient (Wildman–Crippen LogP) is 2.71. The van der Waals surface area contributed by atoms with E-state index in [1.165, 1.54) is 12.0 Å². The van der Waals surface area contributed by atoms with E-state index in [2.05, 4.69) is 41.0 Å². The standard InChI is InChI=1S/C20H29N3O2/c24-19-18(8-4-5-13-21-19)22-20(25)23-14-11-17(12-15-23)10-9-16-6-2-1-3-7-16/h1-3,6-7,17-18H,4-5,8-15H2,(H,21,24)(H,22,25)/t18-/m0/s1. The molecule has 5 heteroatoms. The minimum absolute atomic E-state index is 0.0383. The number of nitrogens with one attached hydrogen (secondary N) is 2. The van der Waals surface area contributed by atoms with Gasteiger partial charge in [-0.1, -0.05) is 30.3 Å². The Bertz CT molecular complexity index is 568. The van der Waals surface area contributed by atoms with Gasteiger partial charge in [0.1, 0.15) is 6.04 Å². The normalized spacial score (nSPS) is 22.2. The van der Waals surface area contributed by atoms with Crippen LogP contribution in [0.25, 0.3) is 0 Å². The summed E-state index contributed by atoms with van der Waals surface area (Å²) in [6, 6.07) is 10.1. The zero-order chi connectivity index (χ0) is 17.5. The van der Waals surface area contributed by atoms with Crippen molar-refractivity contribution in [3.8, 4) is 0 Å². The van der Waals surface area contributed by atoms with Crippen molar-refractivity contribution in [1.29, 1.82) is 0 Å². The molecule has 2 fully saturated rings. The molecule has 0 radical (unpaired) electrons. The van der Waals surface area contributed by atoms with E-state index in [0.717, 1.165) is 58.2 Å². The number of carbonyl (C=O) groups is 2. The molecule has 2 heterocycles. The van der Waals surface area contributed by atoms with Gasteiger partial charge in [0.05, 0.1) is 0 Å². The van der Waals surface area contributed by atoms with Crippen LogP contribution in [0.5, 0.6) is 0 Å². The molecule has 1 atom stereocenters. The summed E-state index contributed by atoms with van der Waals surface area (Å²) in [4.78, 5) is 26.3. The summed E-state index contributed by atoms with van der Waals surface area (Å²) in [5, 5.41) is 5.80. The number of aryl methyl sites for hydroxylation is 1. The molecule has 0 bridgehead atoms. The van der Waals surface area contributed by atoms with Crippen LogP contribution in [0.1, 0.15) is 44.1 Å². The molecular formula is C20H29N3O2. The largest absolute Gasteiger partial charge is 0.354 e. The van der Waals surface area contributed by atoms with E-state index in [1.807, 2.05) is 4.90 Å². The summed E-state index contributed by atoms with van der Waals surface area (Å²) in [5.74, 6) is 0.647. The lowest BCUT2D eigenvalue weighted by Crippen LogP contribution is -2.52. The Labute approximate surface area is 150 Å². The second-order valence-corrected chi connectivity index (χ2v) is 7.24. The fourth-order valence-corrected chi connectivity index (χ4v) is 3.76. The van der Waals surface area contributed by atoms with E-state index in [0.29, 0.717) is 5.92 Å². The number of hydrogen-bond acceptors (Lipinski definition) is 2. The smallest absolute Gasteiger partial charge is 0.318 e. The predicted molar refractivity (Wildman–Crippen MR) is 98.2 cm³/mol. The minimum Gasteiger partial charge on any atom is -0.354 e. The SMILES string of the molecule is O=C1NCCCC[C@@H]1NC(=O)N1CCC(CCc2ccccc2)CC1. The third-order valence-electron chi connectivity index (χ3n) is 5.42. The lowest BCUT2D eigenvalue weighted by molar-refractivity contribution is -0.122. The van der Waals surface area contributed by atoms with Crippen molar-refractivity contribution in [3.05, 3.63) is 35.9 Å². The van der Waals surface area contributed by atoms with Gasteiger partial charge in [-0.25, -0.2) is 4.79 Å². The molecule has 0 aliphatic carbocycles. The topological polar surface area (TPSA) is 61.4 Å². The molecular weight excluding hydrogens is 314 g/mol. The number of likely N-dealkylation sites (tertiary alicyclic amines) is 1. The van der Waals surface area contributed by atoms with Crippen LogP contribution in [0.15, 0.2) is 30.3 Å². The maximum atomic E-state index is 12.4. The second-order valence-electron chi connectivity index (χ2n) is 7.24. The van der Waals surface area contributed by atoms with Crippen molar-refractivity contribution in [1.82, 2.24) is 15.5 Å². The van der Waals surface area contributed by atoms with Crippen LogP contribution in [0.3, 0.4) is 0 Å². The van der Waals surface area contributed by atoms with Gasteiger partial charge in [0.2, 0.25) is 5.91 Å². The van der Waals surface area contributed by atoms with Crippen LogP contribution >= 0.6 is 0 Å². The summed E-state index contributed by atoms with van der Waals surface area (Å²) >= 11 is 0. The molecule has 0 unspecified atom stereocenters. The molecule has 3 rings (SSSR count). The van der Waals surface area contributed by atoms with Crippen LogP contribution in [-0.2, 0) is 11.2 Å². The minimum atomic E-state index is -0.370. The van der Waals surface area contributed by atoms with Gasteiger partial charge in [0.25, 0.3) is 0 Å². The summed E-state index contributed by atoms with van der Waals surface area (Å²) in [6.07, 6.45) is 7.11. The Hall–Kier alpha value is -2.04. The van der Waals surface area contributed by atoms with Crippen molar-refractivity contribution in [2.24, 2.45) is 5.92 Å². The highest BCUT2D eigenvalue weighted by Crippen LogP contribution is 2.22. The molecule has 0 aromatic heterocycles. The van der Waals surface area contributed by atoms with Crippen LogP contribution < -0.4 is 10.6 Å². The highest BCUT2D eigenvalue weighted by Gasteiger charge is 2.27. The molecule has 0 saturated carbocycles. The average Bonchev–Trinajstić information content (AvgIpc) is 2.86. The molecule has 3 amide bonds. The fraction of sp³-hybridized carbons (Fsp3) is 0.600. The number of amides is 3. The molecule has 1 aromatic carbocycles. The first-order valence-corrected chi connectivity index (χ1v) is 9.59. The molecule has 0 spiro atoms. The van der Waals surface area contributed by atoms with Gasteiger partial charge < -0.3 is 15.5 Å². The van der Waals surface area contributed by atoms with Crippen LogP contribution in [0.4, 0.5) is 4.79 Å². The molecule has 2 N–H and O–H groups in total.